The van der Waals surface area contributed by atoms with Gasteiger partial charge in [-0.1, -0.05) is 0 Å². The van der Waals surface area contributed by atoms with E-state index in [9.17, 15) is 4.79 Å². The summed E-state index contributed by atoms with van der Waals surface area (Å²) < 4.78 is 6.51. The fourth-order valence-electron chi connectivity index (χ4n) is 1.73. The number of hydrogen-bond donors (Lipinski definition) is 0. The van der Waals surface area contributed by atoms with Crippen LogP contribution in [0.4, 0.5) is 0 Å². The second kappa shape index (κ2) is 6.87. The minimum Gasteiger partial charge on any atom is -0.467 e. The van der Waals surface area contributed by atoms with Crippen LogP contribution in [0.25, 0.3) is 0 Å². The lowest BCUT2D eigenvalue weighted by atomic mass is 10.3. The lowest BCUT2D eigenvalue weighted by Crippen LogP contribution is -2.34. The molecule has 0 saturated carbocycles. The molecule has 0 aliphatic heterocycles. The Balaban J connectivity index is 2.03. The van der Waals surface area contributed by atoms with E-state index in [0.29, 0.717) is 12.3 Å². The maximum absolute atomic E-state index is 12.2. The highest BCUT2D eigenvalue weighted by Crippen LogP contribution is 2.07. The molecule has 8 nitrogen and oxygen atoms in total. The Labute approximate surface area is 120 Å². The number of nitrogens with zero attached hydrogens (tertiary/aromatic N) is 6. The summed E-state index contributed by atoms with van der Waals surface area (Å²) >= 11 is 0. The summed E-state index contributed by atoms with van der Waals surface area (Å²) in [4.78, 5) is 17.5. The molecule has 0 radical (unpaired) electrons. The van der Waals surface area contributed by atoms with E-state index in [1.165, 1.54) is 22.2 Å². The molecule has 2 aromatic rings. The zero-order valence-corrected chi connectivity index (χ0v) is 11.1. The lowest BCUT2D eigenvalue weighted by molar-refractivity contribution is -0.132. The van der Waals surface area contributed by atoms with Crippen molar-refractivity contribution in [3.8, 4) is 12.1 Å². The average molecular weight is 284 g/mol. The Hall–Kier alpha value is -3.13. The fourth-order valence-corrected chi connectivity index (χ4v) is 1.73. The van der Waals surface area contributed by atoms with Crippen molar-refractivity contribution in [3.63, 3.8) is 0 Å². The van der Waals surface area contributed by atoms with Gasteiger partial charge in [0.2, 0.25) is 5.91 Å². The Morgan fingerprint density at radius 2 is 2.33 bits per heavy atom. The monoisotopic (exact) mass is 284 g/mol. The largest absolute Gasteiger partial charge is 0.467 e. The normalized spacial score (nSPS) is 9.81. The van der Waals surface area contributed by atoms with Crippen LogP contribution < -0.4 is 0 Å². The van der Waals surface area contributed by atoms with Gasteiger partial charge in [-0.05, 0) is 12.1 Å². The van der Waals surface area contributed by atoms with Crippen LogP contribution in [0.5, 0.6) is 0 Å². The van der Waals surface area contributed by atoms with Gasteiger partial charge >= 0.3 is 0 Å². The van der Waals surface area contributed by atoms with Crippen molar-refractivity contribution in [2.24, 2.45) is 0 Å². The first-order valence-corrected chi connectivity index (χ1v) is 6.19. The summed E-state index contributed by atoms with van der Waals surface area (Å²) in [5.41, 5.74) is 0. The molecule has 0 aromatic carbocycles. The molecule has 0 fully saturated rings. The van der Waals surface area contributed by atoms with Crippen molar-refractivity contribution < 1.29 is 9.21 Å². The molecular formula is C13H12N6O2. The van der Waals surface area contributed by atoms with Gasteiger partial charge in [-0.15, -0.1) is 5.10 Å². The van der Waals surface area contributed by atoms with Crippen LogP contribution >= 0.6 is 0 Å². The van der Waals surface area contributed by atoms with Crippen molar-refractivity contribution >= 4 is 5.91 Å². The SMILES string of the molecule is N#CCCN(Cc1ccco1)C(=O)Cn1cnc(C#N)n1. The highest BCUT2D eigenvalue weighted by atomic mass is 16.3. The van der Waals surface area contributed by atoms with Gasteiger partial charge in [0.25, 0.3) is 5.82 Å². The molecule has 0 saturated heterocycles. The minimum atomic E-state index is -0.226. The van der Waals surface area contributed by atoms with Gasteiger partial charge in [0, 0.05) is 6.54 Å². The van der Waals surface area contributed by atoms with E-state index in [1.807, 2.05) is 6.07 Å². The third-order valence-corrected chi connectivity index (χ3v) is 2.71. The third kappa shape index (κ3) is 3.91. The van der Waals surface area contributed by atoms with Crippen LogP contribution in [-0.4, -0.2) is 32.1 Å². The molecule has 0 aliphatic rings. The molecule has 2 heterocycles. The summed E-state index contributed by atoms with van der Waals surface area (Å²) in [6.45, 7) is 0.546. The molecule has 0 unspecified atom stereocenters. The summed E-state index contributed by atoms with van der Waals surface area (Å²) in [6.07, 6.45) is 3.08. The van der Waals surface area contributed by atoms with E-state index < -0.39 is 0 Å². The van der Waals surface area contributed by atoms with E-state index in [1.54, 1.807) is 18.2 Å². The molecule has 8 heteroatoms. The molecule has 2 rings (SSSR count). The number of carbonyl (C=O) groups excluding carboxylic acids is 1. The lowest BCUT2D eigenvalue weighted by Gasteiger charge is -2.20. The molecule has 106 valence electrons. The van der Waals surface area contributed by atoms with Gasteiger partial charge in [-0.25, -0.2) is 9.67 Å². The first-order valence-electron chi connectivity index (χ1n) is 6.19. The smallest absolute Gasteiger partial charge is 0.252 e. The van der Waals surface area contributed by atoms with Crippen molar-refractivity contribution in [1.29, 1.82) is 10.5 Å². The average Bonchev–Trinajstić information content (AvgIpc) is 3.14. The van der Waals surface area contributed by atoms with E-state index in [4.69, 9.17) is 14.9 Å². The first kappa shape index (κ1) is 14.3. The van der Waals surface area contributed by atoms with E-state index in [0.717, 1.165) is 0 Å². The summed E-state index contributed by atoms with van der Waals surface area (Å²) in [5.74, 6) is 0.422. The summed E-state index contributed by atoms with van der Waals surface area (Å²) in [7, 11) is 0. The van der Waals surface area contributed by atoms with Gasteiger partial charge in [0.15, 0.2) is 0 Å². The topological polar surface area (TPSA) is 112 Å². The number of carbonyl (C=O) groups is 1. The van der Waals surface area contributed by atoms with E-state index in [2.05, 4.69) is 10.1 Å². The molecule has 0 bridgehead atoms. The molecule has 21 heavy (non-hydrogen) atoms. The Morgan fingerprint density at radius 1 is 1.48 bits per heavy atom. The van der Waals surface area contributed by atoms with Crippen molar-refractivity contribution in [1.82, 2.24) is 19.7 Å². The van der Waals surface area contributed by atoms with Gasteiger partial charge in [0.05, 0.1) is 25.3 Å². The van der Waals surface area contributed by atoms with Crippen LogP contribution in [0.3, 0.4) is 0 Å². The number of nitriles is 2. The molecule has 0 atom stereocenters. The van der Waals surface area contributed by atoms with E-state index >= 15 is 0 Å². The van der Waals surface area contributed by atoms with E-state index in [-0.39, 0.29) is 31.2 Å². The van der Waals surface area contributed by atoms with Crippen molar-refractivity contribution in [2.45, 2.75) is 19.5 Å². The summed E-state index contributed by atoms with van der Waals surface area (Å²) in [5, 5.41) is 21.2. The highest BCUT2D eigenvalue weighted by Gasteiger charge is 2.16. The Morgan fingerprint density at radius 3 is 2.95 bits per heavy atom. The van der Waals surface area contributed by atoms with Gasteiger partial charge in [0.1, 0.15) is 24.7 Å². The third-order valence-electron chi connectivity index (χ3n) is 2.71. The van der Waals surface area contributed by atoms with Crippen LogP contribution in [-0.2, 0) is 17.9 Å². The maximum Gasteiger partial charge on any atom is 0.252 e. The van der Waals surface area contributed by atoms with Crippen LogP contribution in [0.1, 0.15) is 18.0 Å². The Kier molecular flexibility index (Phi) is 4.67. The van der Waals surface area contributed by atoms with Crippen LogP contribution in [0.15, 0.2) is 29.1 Å². The fraction of sp³-hybridized carbons (Fsp3) is 0.308. The second-order valence-corrected chi connectivity index (χ2v) is 4.18. The Bertz CT molecular complexity index is 676. The quantitative estimate of drug-likeness (QED) is 0.771. The molecule has 2 aromatic heterocycles. The number of aromatic nitrogens is 3. The molecule has 0 N–H and O–H groups in total. The summed E-state index contributed by atoms with van der Waals surface area (Å²) in [6, 6.07) is 7.30. The minimum absolute atomic E-state index is 0.0115. The number of hydrogen-bond acceptors (Lipinski definition) is 6. The molecule has 0 spiro atoms. The number of rotatable bonds is 6. The predicted molar refractivity (Wildman–Crippen MR) is 69.1 cm³/mol. The first-order chi connectivity index (χ1) is 10.2. The zero-order chi connectivity index (χ0) is 15.1. The number of amides is 1. The zero-order valence-electron chi connectivity index (χ0n) is 11.1. The van der Waals surface area contributed by atoms with Gasteiger partial charge in [-0.2, -0.15) is 10.5 Å². The van der Waals surface area contributed by atoms with Crippen LogP contribution in [0, 0.1) is 22.7 Å². The van der Waals surface area contributed by atoms with Crippen molar-refractivity contribution in [2.75, 3.05) is 6.54 Å². The molecule has 1 amide bonds. The van der Waals surface area contributed by atoms with Gasteiger partial charge in [-0.3, -0.25) is 4.79 Å². The maximum atomic E-state index is 12.2. The highest BCUT2D eigenvalue weighted by molar-refractivity contribution is 5.75. The van der Waals surface area contributed by atoms with Crippen molar-refractivity contribution in [3.05, 3.63) is 36.3 Å². The standard InChI is InChI=1S/C13H12N6O2/c14-4-2-5-18(8-11-3-1-6-21-11)13(20)9-19-10-16-12(7-15)17-19/h1,3,6,10H,2,5,8-9H2. The molecule has 0 aliphatic carbocycles. The predicted octanol–water partition coefficient (Wildman–Crippen LogP) is 0.685. The van der Waals surface area contributed by atoms with Gasteiger partial charge < -0.3 is 9.32 Å². The number of furan rings is 1. The van der Waals surface area contributed by atoms with Crippen LogP contribution in [0.2, 0.25) is 0 Å². The molecular weight excluding hydrogens is 272 g/mol. The second-order valence-electron chi connectivity index (χ2n) is 4.18.